The SMILES string of the molecule is CC(O)I.CN(C)C. The molecule has 3 heteroatoms. The van der Waals surface area contributed by atoms with Crippen molar-refractivity contribution in [1.82, 2.24) is 4.90 Å². The summed E-state index contributed by atoms with van der Waals surface area (Å²) in [5, 5.41) is 8.04. The fraction of sp³-hybridized carbons (Fsp3) is 1.00. The number of halogens is 1. The monoisotopic (exact) mass is 231 g/mol. The lowest BCUT2D eigenvalue weighted by molar-refractivity contribution is 0.299. The zero-order chi connectivity index (χ0) is 7.15. The summed E-state index contributed by atoms with van der Waals surface area (Å²) in [7, 11) is 6.00. The number of aliphatic hydroxyl groups is 1. The van der Waals surface area contributed by atoms with Crippen LogP contribution >= 0.6 is 22.6 Å². The minimum absolute atomic E-state index is 0.197. The molecule has 0 aliphatic carbocycles. The average Bonchev–Trinajstić information content (AvgIpc) is 1.25. The molecule has 0 saturated heterocycles. The number of nitrogens with zero attached hydrogens (tertiary/aromatic N) is 1. The van der Waals surface area contributed by atoms with Crippen molar-refractivity contribution in [3.05, 3.63) is 0 Å². The van der Waals surface area contributed by atoms with E-state index < -0.39 is 0 Å². The highest BCUT2D eigenvalue weighted by Gasteiger charge is 1.72. The largest absolute Gasteiger partial charge is 0.383 e. The van der Waals surface area contributed by atoms with Crippen molar-refractivity contribution in [2.45, 2.75) is 11.0 Å². The van der Waals surface area contributed by atoms with Crippen LogP contribution < -0.4 is 0 Å². The fourth-order valence-corrected chi connectivity index (χ4v) is 0. The molecule has 52 valence electrons. The van der Waals surface area contributed by atoms with E-state index >= 15 is 0 Å². The van der Waals surface area contributed by atoms with Gasteiger partial charge in [0.25, 0.3) is 0 Å². The number of aliphatic hydroxyl groups excluding tert-OH is 1. The molecule has 0 amide bonds. The van der Waals surface area contributed by atoms with Gasteiger partial charge in [0.15, 0.2) is 0 Å². The summed E-state index contributed by atoms with van der Waals surface area (Å²) in [5.41, 5.74) is 0. The highest BCUT2D eigenvalue weighted by molar-refractivity contribution is 14.1. The van der Waals surface area contributed by atoms with Crippen LogP contribution in [0.2, 0.25) is 0 Å². The number of hydrogen-bond acceptors (Lipinski definition) is 2. The van der Waals surface area contributed by atoms with E-state index in [1.807, 2.05) is 48.6 Å². The fourth-order valence-electron chi connectivity index (χ4n) is 0. The Hall–Kier alpha value is 0.650. The first-order valence-corrected chi connectivity index (χ1v) is 3.64. The van der Waals surface area contributed by atoms with E-state index in [0.29, 0.717) is 0 Å². The molecular weight excluding hydrogens is 217 g/mol. The summed E-state index contributed by atoms with van der Waals surface area (Å²) in [5.74, 6) is 0. The van der Waals surface area contributed by atoms with Gasteiger partial charge in [0.05, 0.1) is 0 Å². The topological polar surface area (TPSA) is 23.5 Å². The third kappa shape index (κ3) is 502. The second-order valence-corrected chi connectivity index (χ2v) is 3.72. The third-order valence-electron chi connectivity index (χ3n) is 0. The van der Waals surface area contributed by atoms with Crippen molar-refractivity contribution in [2.75, 3.05) is 21.1 Å². The molecule has 0 heterocycles. The predicted molar refractivity (Wildman–Crippen MR) is 45.3 cm³/mol. The van der Waals surface area contributed by atoms with Gasteiger partial charge in [-0.05, 0) is 28.1 Å². The number of alkyl halides is 1. The van der Waals surface area contributed by atoms with E-state index in [9.17, 15) is 0 Å². The van der Waals surface area contributed by atoms with E-state index in [-0.39, 0.29) is 4.11 Å². The highest BCUT2D eigenvalue weighted by atomic mass is 127. The first kappa shape index (κ1) is 11.4. The van der Waals surface area contributed by atoms with Crippen LogP contribution in [0.5, 0.6) is 0 Å². The molecule has 0 spiro atoms. The minimum Gasteiger partial charge on any atom is -0.383 e. The van der Waals surface area contributed by atoms with Crippen LogP contribution in [0, 0.1) is 0 Å². The lowest BCUT2D eigenvalue weighted by atomic mass is 10.9. The molecule has 0 aromatic rings. The molecule has 0 bridgehead atoms. The Morgan fingerprint density at radius 2 is 1.38 bits per heavy atom. The zero-order valence-electron chi connectivity index (χ0n) is 5.85. The van der Waals surface area contributed by atoms with Gasteiger partial charge in [0, 0.05) is 0 Å². The number of hydrogen-bond donors (Lipinski definition) is 1. The molecule has 2 nitrogen and oxygen atoms in total. The summed E-state index contributed by atoms with van der Waals surface area (Å²) >= 11 is 1.90. The number of rotatable bonds is 0. The van der Waals surface area contributed by atoms with Crippen LogP contribution in [0.3, 0.4) is 0 Å². The van der Waals surface area contributed by atoms with Crippen molar-refractivity contribution < 1.29 is 5.11 Å². The van der Waals surface area contributed by atoms with E-state index in [4.69, 9.17) is 5.11 Å². The normalized spacial score (nSPS) is 12.4. The van der Waals surface area contributed by atoms with Crippen molar-refractivity contribution in [3.8, 4) is 0 Å². The third-order valence-corrected chi connectivity index (χ3v) is 0. The van der Waals surface area contributed by atoms with E-state index in [0.717, 1.165) is 0 Å². The summed E-state index contributed by atoms with van der Waals surface area (Å²) in [6.45, 7) is 1.71. The van der Waals surface area contributed by atoms with Gasteiger partial charge in [0.1, 0.15) is 4.11 Å². The highest BCUT2D eigenvalue weighted by Crippen LogP contribution is 1.86. The molecule has 1 unspecified atom stereocenters. The maximum Gasteiger partial charge on any atom is 0.102 e. The van der Waals surface area contributed by atoms with Crippen LogP contribution in [-0.2, 0) is 0 Å². The van der Waals surface area contributed by atoms with Crippen molar-refractivity contribution in [1.29, 1.82) is 0 Å². The Bertz CT molecular complexity index is 27.9. The van der Waals surface area contributed by atoms with Crippen LogP contribution in [0.15, 0.2) is 0 Å². The average molecular weight is 231 g/mol. The smallest absolute Gasteiger partial charge is 0.102 e. The lowest BCUT2D eigenvalue weighted by Crippen LogP contribution is -1.99. The van der Waals surface area contributed by atoms with Gasteiger partial charge in [-0.1, -0.05) is 22.6 Å². The van der Waals surface area contributed by atoms with Gasteiger partial charge in [-0.15, -0.1) is 0 Å². The molecule has 1 atom stereocenters. The molecule has 0 rings (SSSR count). The summed E-state index contributed by atoms with van der Waals surface area (Å²) < 4.78 is -0.197. The van der Waals surface area contributed by atoms with Gasteiger partial charge in [-0.25, -0.2) is 0 Å². The predicted octanol–water partition coefficient (Wildman–Crippen LogP) is 0.938. The standard InChI is InChI=1S/C3H9N.C2H5IO/c1-4(2)3;1-2(3)4/h1-3H3;2,4H,1H3. The van der Waals surface area contributed by atoms with Crippen LogP contribution in [0.4, 0.5) is 0 Å². The Morgan fingerprint density at radius 3 is 1.38 bits per heavy atom. The molecule has 0 aromatic carbocycles. The van der Waals surface area contributed by atoms with Gasteiger partial charge in [-0.2, -0.15) is 0 Å². The van der Waals surface area contributed by atoms with Crippen LogP contribution in [0.25, 0.3) is 0 Å². The van der Waals surface area contributed by atoms with Gasteiger partial charge >= 0.3 is 0 Å². The zero-order valence-corrected chi connectivity index (χ0v) is 8.01. The van der Waals surface area contributed by atoms with Crippen LogP contribution in [-0.4, -0.2) is 35.3 Å². The maximum atomic E-state index is 8.04. The first-order chi connectivity index (χ1) is 3.46. The molecular formula is C5H14INO. The van der Waals surface area contributed by atoms with Crippen molar-refractivity contribution in [2.24, 2.45) is 0 Å². The second-order valence-electron chi connectivity index (χ2n) is 1.92. The Balaban J connectivity index is 0. The Kier molecular flexibility index (Phi) is 10.9. The first-order valence-electron chi connectivity index (χ1n) is 2.40. The molecule has 0 radical (unpaired) electrons. The quantitative estimate of drug-likeness (QED) is 0.495. The molecule has 1 N–H and O–H groups in total. The van der Waals surface area contributed by atoms with Crippen molar-refractivity contribution >= 4 is 22.6 Å². The molecule has 8 heavy (non-hydrogen) atoms. The van der Waals surface area contributed by atoms with Crippen molar-refractivity contribution in [3.63, 3.8) is 0 Å². The van der Waals surface area contributed by atoms with E-state index in [2.05, 4.69) is 0 Å². The summed E-state index contributed by atoms with van der Waals surface area (Å²) in [6, 6.07) is 0. The molecule has 0 aromatic heterocycles. The van der Waals surface area contributed by atoms with E-state index in [1.165, 1.54) is 0 Å². The van der Waals surface area contributed by atoms with Gasteiger partial charge in [0.2, 0.25) is 0 Å². The van der Waals surface area contributed by atoms with Crippen LogP contribution in [0.1, 0.15) is 6.92 Å². The minimum atomic E-state index is -0.197. The van der Waals surface area contributed by atoms with Gasteiger partial charge in [-0.3, -0.25) is 0 Å². The summed E-state index contributed by atoms with van der Waals surface area (Å²) in [6.07, 6.45) is 0. The molecule has 0 fully saturated rings. The molecule has 0 aliphatic heterocycles. The Labute approximate surface area is 65.0 Å². The lowest BCUT2D eigenvalue weighted by Gasteiger charge is -1.90. The summed E-state index contributed by atoms with van der Waals surface area (Å²) in [4.78, 5) is 2.00. The molecule has 0 aliphatic rings. The second kappa shape index (κ2) is 7.65. The maximum absolute atomic E-state index is 8.04. The van der Waals surface area contributed by atoms with E-state index in [1.54, 1.807) is 6.92 Å². The Morgan fingerprint density at radius 1 is 1.38 bits per heavy atom. The van der Waals surface area contributed by atoms with Gasteiger partial charge < -0.3 is 10.0 Å². The molecule has 0 saturated carbocycles.